The monoisotopic (exact) mass is 187 g/mol. The Morgan fingerprint density at radius 3 is 1.85 bits per heavy atom. The van der Waals surface area contributed by atoms with Gasteiger partial charge in [-0.2, -0.15) is 0 Å². The van der Waals surface area contributed by atoms with Crippen LogP contribution in [-0.4, -0.2) is 26.1 Å². The SMILES string of the molecule is CC(=O)[O-].C[NH+](C)C1CCCCC1. The Hall–Kier alpha value is -0.570. The fraction of sp³-hybridized carbons (Fsp3) is 0.900. The summed E-state index contributed by atoms with van der Waals surface area (Å²) in [5, 5.41) is 8.89. The van der Waals surface area contributed by atoms with E-state index in [2.05, 4.69) is 14.1 Å². The molecule has 78 valence electrons. The van der Waals surface area contributed by atoms with Gasteiger partial charge in [0.2, 0.25) is 0 Å². The largest absolute Gasteiger partial charge is 0.550 e. The van der Waals surface area contributed by atoms with Crippen molar-refractivity contribution in [1.82, 2.24) is 0 Å². The number of carboxylic acids is 1. The van der Waals surface area contributed by atoms with Crippen LogP contribution in [0.1, 0.15) is 39.0 Å². The van der Waals surface area contributed by atoms with Gasteiger partial charge in [-0.25, -0.2) is 0 Å². The van der Waals surface area contributed by atoms with Crippen LogP contribution in [0.4, 0.5) is 0 Å². The van der Waals surface area contributed by atoms with Crippen molar-refractivity contribution in [3.05, 3.63) is 0 Å². The highest BCUT2D eigenvalue weighted by Gasteiger charge is 2.17. The number of rotatable bonds is 1. The molecule has 0 aliphatic heterocycles. The summed E-state index contributed by atoms with van der Waals surface area (Å²) in [6.07, 6.45) is 7.33. The molecular weight excluding hydrogens is 166 g/mol. The first-order valence-electron chi connectivity index (χ1n) is 5.01. The molecule has 3 heteroatoms. The van der Waals surface area contributed by atoms with Gasteiger partial charge in [-0.05, 0) is 32.6 Å². The van der Waals surface area contributed by atoms with Crippen molar-refractivity contribution in [3.63, 3.8) is 0 Å². The number of carbonyl (C=O) groups excluding carboxylic acids is 1. The van der Waals surface area contributed by atoms with Crippen LogP contribution in [0.15, 0.2) is 0 Å². The van der Waals surface area contributed by atoms with E-state index in [4.69, 9.17) is 9.90 Å². The van der Waals surface area contributed by atoms with E-state index in [9.17, 15) is 0 Å². The molecule has 0 amide bonds. The molecule has 1 fully saturated rings. The molecule has 0 unspecified atom stereocenters. The van der Waals surface area contributed by atoms with Crippen LogP contribution in [0, 0.1) is 0 Å². The van der Waals surface area contributed by atoms with Crippen LogP contribution in [0.25, 0.3) is 0 Å². The maximum Gasteiger partial charge on any atom is 0.0870 e. The third kappa shape index (κ3) is 7.78. The smallest absolute Gasteiger partial charge is 0.0870 e. The fourth-order valence-electron chi connectivity index (χ4n) is 1.68. The summed E-state index contributed by atoms with van der Waals surface area (Å²) in [4.78, 5) is 10.5. The molecule has 1 aliphatic carbocycles. The lowest BCUT2D eigenvalue weighted by Crippen LogP contribution is -3.10. The first-order chi connectivity index (χ1) is 6.04. The minimum absolute atomic E-state index is 0.971. The van der Waals surface area contributed by atoms with Crippen molar-refractivity contribution in [2.24, 2.45) is 0 Å². The Bertz CT molecular complexity index is 136. The third-order valence-corrected chi connectivity index (χ3v) is 2.42. The van der Waals surface area contributed by atoms with Crippen LogP contribution in [-0.2, 0) is 4.79 Å². The van der Waals surface area contributed by atoms with E-state index >= 15 is 0 Å². The molecule has 3 nitrogen and oxygen atoms in total. The summed E-state index contributed by atoms with van der Waals surface area (Å²) in [6.45, 7) is 0.972. The molecule has 1 rings (SSSR count). The molecule has 0 saturated heterocycles. The normalized spacial score (nSPS) is 17.8. The predicted octanol–water partition coefficient (Wildman–Crippen LogP) is -0.780. The molecule has 1 N–H and O–H groups in total. The standard InChI is InChI=1S/C8H17N.C2H4O2/c1-9(2)8-6-4-3-5-7-8;1-2(3)4/h8H,3-7H2,1-2H3;1H3,(H,3,4). The topological polar surface area (TPSA) is 44.6 Å². The number of hydrogen-bond donors (Lipinski definition) is 1. The average Bonchev–Trinajstić information content (AvgIpc) is 2.05. The summed E-state index contributed by atoms with van der Waals surface area (Å²) >= 11 is 0. The van der Waals surface area contributed by atoms with E-state index in [0.29, 0.717) is 0 Å². The maximum atomic E-state index is 8.89. The lowest BCUT2D eigenvalue weighted by molar-refractivity contribution is -0.887. The van der Waals surface area contributed by atoms with Gasteiger partial charge in [0.05, 0.1) is 20.1 Å². The lowest BCUT2D eigenvalue weighted by atomic mass is 9.95. The summed E-state index contributed by atoms with van der Waals surface area (Å²) in [6, 6.07) is 0.971. The third-order valence-electron chi connectivity index (χ3n) is 2.42. The Morgan fingerprint density at radius 1 is 1.23 bits per heavy atom. The number of carbonyl (C=O) groups is 1. The van der Waals surface area contributed by atoms with Gasteiger partial charge < -0.3 is 14.8 Å². The van der Waals surface area contributed by atoms with Crippen molar-refractivity contribution in [3.8, 4) is 0 Å². The highest BCUT2D eigenvalue weighted by Crippen LogP contribution is 2.14. The zero-order chi connectivity index (χ0) is 10.3. The summed E-state index contributed by atoms with van der Waals surface area (Å²) in [5.74, 6) is -1.08. The first-order valence-corrected chi connectivity index (χ1v) is 5.01. The van der Waals surface area contributed by atoms with Crippen molar-refractivity contribution in [2.45, 2.75) is 45.1 Å². The molecule has 0 aromatic rings. The van der Waals surface area contributed by atoms with Crippen LogP contribution < -0.4 is 10.0 Å². The van der Waals surface area contributed by atoms with Crippen molar-refractivity contribution >= 4 is 5.97 Å². The van der Waals surface area contributed by atoms with Crippen molar-refractivity contribution < 1.29 is 14.8 Å². The van der Waals surface area contributed by atoms with Gasteiger partial charge in [0, 0.05) is 5.97 Å². The lowest BCUT2D eigenvalue weighted by Gasteiger charge is -2.24. The molecule has 0 radical (unpaired) electrons. The Morgan fingerprint density at radius 2 is 1.62 bits per heavy atom. The molecule has 13 heavy (non-hydrogen) atoms. The van der Waals surface area contributed by atoms with E-state index in [1.165, 1.54) is 32.1 Å². The number of hydrogen-bond acceptors (Lipinski definition) is 2. The Kier molecular flexibility index (Phi) is 6.59. The minimum atomic E-state index is -1.08. The quantitative estimate of drug-likeness (QED) is 0.585. The summed E-state index contributed by atoms with van der Waals surface area (Å²) in [7, 11) is 4.55. The average molecular weight is 187 g/mol. The van der Waals surface area contributed by atoms with E-state index in [1.807, 2.05) is 0 Å². The minimum Gasteiger partial charge on any atom is -0.550 e. The molecule has 0 spiro atoms. The zero-order valence-corrected chi connectivity index (χ0v) is 8.93. The molecule has 1 aliphatic rings. The Balaban J connectivity index is 0.000000310. The molecule has 0 aromatic carbocycles. The van der Waals surface area contributed by atoms with Gasteiger partial charge in [0.1, 0.15) is 0 Å². The predicted molar refractivity (Wildman–Crippen MR) is 50.4 cm³/mol. The van der Waals surface area contributed by atoms with Gasteiger partial charge in [-0.3, -0.25) is 0 Å². The second kappa shape index (κ2) is 6.89. The molecule has 1 saturated carbocycles. The number of carboxylic acid groups (broad SMARTS) is 1. The maximum absolute atomic E-state index is 8.89. The van der Waals surface area contributed by atoms with Crippen LogP contribution in [0.5, 0.6) is 0 Å². The summed E-state index contributed by atoms with van der Waals surface area (Å²) < 4.78 is 0. The Labute approximate surface area is 80.7 Å². The van der Waals surface area contributed by atoms with Crippen LogP contribution in [0.3, 0.4) is 0 Å². The number of nitrogens with one attached hydrogen (secondary N) is 1. The van der Waals surface area contributed by atoms with E-state index in [1.54, 1.807) is 4.90 Å². The van der Waals surface area contributed by atoms with E-state index in [0.717, 1.165) is 13.0 Å². The second-order valence-corrected chi connectivity index (χ2v) is 3.90. The van der Waals surface area contributed by atoms with Crippen molar-refractivity contribution in [1.29, 1.82) is 0 Å². The first kappa shape index (κ1) is 12.4. The number of aliphatic carboxylic acids is 1. The summed E-state index contributed by atoms with van der Waals surface area (Å²) in [5.41, 5.74) is 0. The van der Waals surface area contributed by atoms with E-state index in [-0.39, 0.29) is 0 Å². The molecule has 0 heterocycles. The van der Waals surface area contributed by atoms with Gasteiger partial charge >= 0.3 is 0 Å². The van der Waals surface area contributed by atoms with E-state index < -0.39 is 5.97 Å². The number of quaternary nitrogens is 1. The van der Waals surface area contributed by atoms with Gasteiger partial charge in [0.15, 0.2) is 0 Å². The molecule has 0 atom stereocenters. The molecule has 0 bridgehead atoms. The van der Waals surface area contributed by atoms with Gasteiger partial charge in [-0.15, -0.1) is 0 Å². The molecular formula is C10H21NO2. The van der Waals surface area contributed by atoms with Crippen LogP contribution in [0.2, 0.25) is 0 Å². The van der Waals surface area contributed by atoms with Crippen LogP contribution >= 0.6 is 0 Å². The van der Waals surface area contributed by atoms with Gasteiger partial charge in [-0.1, -0.05) is 6.42 Å². The van der Waals surface area contributed by atoms with Crippen molar-refractivity contribution in [2.75, 3.05) is 14.1 Å². The second-order valence-electron chi connectivity index (χ2n) is 3.90. The fourth-order valence-corrected chi connectivity index (χ4v) is 1.68. The highest BCUT2D eigenvalue weighted by molar-refractivity contribution is 5.60. The molecule has 0 aromatic heterocycles. The highest BCUT2D eigenvalue weighted by atomic mass is 16.4. The zero-order valence-electron chi connectivity index (χ0n) is 8.93. The van der Waals surface area contributed by atoms with Gasteiger partial charge in [0.25, 0.3) is 0 Å².